The van der Waals surface area contributed by atoms with E-state index in [0.717, 1.165) is 34.4 Å². The van der Waals surface area contributed by atoms with E-state index in [1.54, 1.807) is 11.8 Å². The van der Waals surface area contributed by atoms with Crippen LogP contribution in [0.4, 0.5) is 10.8 Å². The molecule has 1 aliphatic rings. The van der Waals surface area contributed by atoms with Crippen LogP contribution in [0, 0.1) is 0 Å². The molecule has 0 radical (unpaired) electrons. The molecule has 2 heterocycles. The van der Waals surface area contributed by atoms with Gasteiger partial charge in [-0.1, -0.05) is 30.0 Å². The minimum atomic E-state index is -0.108. The van der Waals surface area contributed by atoms with Crippen molar-refractivity contribution in [3.8, 4) is 0 Å². The fourth-order valence-electron chi connectivity index (χ4n) is 1.96. The van der Waals surface area contributed by atoms with Gasteiger partial charge in [-0.2, -0.15) is 0 Å². The van der Waals surface area contributed by atoms with Gasteiger partial charge in [0.1, 0.15) is 0 Å². The number of anilines is 2. The Morgan fingerprint density at radius 3 is 2.78 bits per heavy atom. The van der Waals surface area contributed by atoms with Crippen LogP contribution >= 0.6 is 23.1 Å². The van der Waals surface area contributed by atoms with Gasteiger partial charge in [0.2, 0.25) is 5.91 Å². The maximum absolute atomic E-state index is 11.0. The first kappa shape index (κ1) is 15.8. The number of amidine groups is 1. The summed E-state index contributed by atoms with van der Waals surface area (Å²) in [5.41, 5.74) is 2.96. The number of nitrogens with one attached hydrogen (secondary N) is 2. The quantitative estimate of drug-likeness (QED) is 0.886. The third-order valence-corrected chi connectivity index (χ3v) is 4.67. The summed E-state index contributed by atoms with van der Waals surface area (Å²) in [5.74, 6) is 0.945. The van der Waals surface area contributed by atoms with E-state index >= 15 is 0 Å². The molecule has 0 saturated heterocycles. The second-order valence-corrected chi connectivity index (χ2v) is 6.82. The third-order valence-electron chi connectivity index (χ3n) is 3.00. The van der Waals surface area contributed by atoms with Crippen LogP contribution in [0.1, 0.15) is 18.2 Å². The monoisotopic (exact) mass is 344 g/mol. The van der Waals surface area contributed by atoms with Crippen molar-refractivity contribution in [2.24, 2.45) is 4.99 Å². The van der Waals surface area contributed by atoms with Crippen molar-refractivity contribution in [1.29, 1.82) is 0 Å². The number of thiazole rings is 1. The first-order chi connectivity index (χ1) is 11.2. The normalized spacial score (nSPS) is 14.0. The van der Waals surface area contributed by atoms with E-state index in [2.05, 4.69) is 20.6 Å². The SMILES string of the molecule is CC(=O)Nc1nc(C=Cc2ccc(NC3=NCCS3)cc2)cs1. The second-order valence-electron chi connectivity index (χ2n) is 4.87. The Morgan fingerprint density at radius 2 is 2.09 bits per heavy atom. The van der Waals surface area contributed by atoms with Crippen molar-refractivity contribution in [3.63, 3.8) is 0 Å². The van der Waals surface area contributed by atoms with Gasteiger partial charge in [0.15, 0.2) is 10.3 Å². The van der Waals surface area contributed by atoms with Crippen molar-refractivity contribution in [1.82, 2.24) is 4.98 Å². The van der Waals surface area contributed by atoms with Crippen LogP contribution < -0.4 is 10.6 Å². The molecular weight excluding hydrogens is 328 g/mol. The van der Waals surface area contributed by atoms with Crippen molar-refractivity contribution in [3.05, 3.63) is 40.9 Å². The third kappa shape index (κ3) is 4.67. The summed E-state index contributed by atoms with van der Waals surface area (Å²) in [6.45, 7) is 2.37. The lowest BCUT2D eigenvalue weighted by Gasteiger charge is -2.04. The molecule has 7 heteroatoms. The number of nitrogens with zero attached hydrogens (tertiary/aromatic N) is 2. The molecule has 2 aromatic rings. The molecule has 0 unspecified atom stereocenters. The lowest BCUT2D eigenvalue weighted by molar-refractivity contribution is -0.114. The van der Waals surface area contributed by atoms with Crippen LogP contribution in [0.5, 0.6) is 0 Å². The Kier molecular flexibility index (Phi) is 5.09. The largest absolute Gasteiger partial charge is 0.335 e. The lowest BCUT2D eigenvalue weighted by atomic mass is 10.2. The summed E-state index contributed by atoms with van der Waals surface area (Å²) in [7, 11) is 0. The van der Waals surface area contributed by atoms with Gasteiger partial charge in [-0.15, -0.1) is 11.3 Å². The molecular formula is C16H16N4OS2. The lowest BCUT2D eigenvalue weighted by Crippen LogP contribution is -2.04. The predicted molar refractivity (Wildman–Crippen MR) is 100 cm³/mol. The number of amides is 1. The van der Waals surface area contributed by atoms with Crippen LogP contribution in [0.2, 0.25) is 0 Å². The van der Waals surface area contributed by atoms with E-state index in [1.807, 2.05) is 41.8 Å². The highest BCUT2D eigenvalue weighted by Gasteiger charge is 2.06. The van der Waals surface area contributed by atoms with E-state index < -0.39 is 0 Å². The van der Waals surface area contributed by atoms with Crippen molar-refractivity contribution in [2.75, 3.05) is 22.9 Å². The zero-order valence-corrected chi connectivity index (χ0v) is 14.2. The molecule has 0 saturated carbocycles. The first-order valence-corrected chi connectivity index (χ1v) is 9.01. The summed E-state index contributed by atoms with van der Waals surface area (Å²) >= 11 is 3.16. The molecule has 0 bridgehead atoms. The average molecular weight is 344 g/mol. The Bertz CT molecular complexity index is 750. The highest BCUT2D eigenvalue weighted by atomic mass is 32.2. The van der Waals surface area contributed by atoms with E-state index in [-0.39, 0.29) is 5.91 Å². The van der Waals surface area contributed by atoms with Crippen molar-refractivity contribution in [2.45, 2.75) is 6.92 Å². The Balaban J connectivity index is 1.61. The summed E-state index contributed by atoms with van der Waals surface area (Å²) < 4.78 is 0. The van der Waals surface area contributed by atoms with E-state index in [1.165, 1.54) is 18.3 Å². The minimum Gasteiger partial charge on any atom is -0.335 e. The van der Waals surface area contributed by atoms with Crippen LogP contribution in [0.15, 0.2) is 34.6 Å². The number of carbonyl (C=O) groups is 1. The van der Waals surface area contributed by atoms with Crippen LogP contribution in [-0.2, 0) is 4.79 Å². The van der Waals surface area contributed by atoms with E-state index in [9.17, 15) is 4.79 Å². The van der Waals surface area contributed by atoms with Crippen molar-refractivity contribution < 1.29 is 4.79 Å². The Hall–Kier alpha value is -2.12. The number of aromatic nitrogens is 1. The number of benzene rings is 1. The minimum absolute atomic E-state index is 0.108. The molecule has 1 aromatic carbocycles. The van der Waals surface area contributed by atoms with Gasteiger partial charge in [0.05, 0.1) is 12.2 Å². The standard InChI is InChI=1S/C16H16N4OS2/c1-11(21)18-16-20-14(10-23-16)7-4-12-2-5-13(6-3-12)19-15-17-8-9-22-15/h2-7,10H,8-9H2,1H3,(H,17,19)(H,18,20,21). The number of carbonyl (C=O) groups excluding carboxylic acids is 1. The molecule has 5 nitrogen and oxygen atoms in total. The molecule has 0 atom stereocenters. The Labute approximate surface area is 142 Å². The molecule has 0 spiro atoms. The highest BCUT2D eigenvalue weighted by Crippen LogP contribution is 2.19. The van der Waals surface area contributed by atoms with Gasteiger partial charge in [-0.25, -0.2) is 4.98 Å². The zero-order valence-electron chi connectivity index (χ0n) is 12.6. The smallest absolute Gasteiger partial charge is 0.223 e. The second kappa shape index (κ2) is 7.43. The predicted octanol–water partition coefficient (Wildman–Crippen LogP) is 3.79. The number of rotatable bonds is 4. The van der Waals surface area contributed by atoms with Gasteiger partial charge in [0, 0.05) is 23.7 Å². The molecule has 2 N–H and O–H groups in total. The van der Waals surface area contributed by atoms with Crippen LogP contribution in [0.3, 0.4) is 0 Å². The fourth-order valence-corrected chi connectivity index (χ4v) is 3.44. The van der Waals surface area contributed by atoms with E-state index in [0.29, 0.717) is 5.13 Å². The molecule has 1 aliphatic heterocycles. The van der Waals surface area contributed by atoms with Crippen LogP contribution in [-0.4, -0.2) is 28.4 Å². The molecule has 0 aliphatic carbocycles. The maximum atomic E-state index is 11.0. The molecule has 0 fully saturated rings. The van der Waals surface area contributed by atoms with Gasteiger partial charge >= 0.3 is 0 Å². The molecule has 3 rings (SSSR count). The summed E-state index contributed by atoms with van der Waals surface area (Å²) in [6, 6.07) is 8.15. The molecule has 1 amide bonds. The number of aliphatic imine (C=N–C) groups is 1. The Morgan fingerprint density at radius 1 is 1.26 bits per heavy atom. The molecule has 118 valence electrons. The number of hydrogen-bond acceptors (Lipinski definition) is 6. The fraction of sp³-hybridized carbons (Fsp3) is 0.188. The van der Waals surface area contributed by atoms with Gasteiger partial charge in [-0.05, 0) is 23.8 Å². The van der Waals surface area contributed by atoms with Crippen LogP contribution in [0.25, 0.3) is 12.2 Å². The molecule has 23 heavy (non-hydrogen) atoms. The topological polar surface area (TPSA) is 66.4 Å². The van der Waals surface area contributed by atoms with Gasteiger partial charge in [0.25, 0.3) is 0 Å². The highest BCUT2D eigenvalue weighted by molar-refractivity contribution is 8.14. The summed E-state index contributed by atoms with van der Waals surface area (Å²) in [5, 5.41) is 9.49. The summed E-state index contributed by atoms with van der Waals surface area (Å²) in [6.07, 6.45) is 3.93. The van der Waals surface area contributed by atoms with Gasteiger partial charge in [-0.3, -0.25) is 9.79 Å². The van der Waals surface area contributed by atoms with Crippen molar-refractivity contribution >= 4 is 57.1 Å². The maximum Gasteiger partial charge on any atom is 0.223 e. The average Bonchev–Trinajstić information content (AvgIpc) is 3.18. The molecule has 1 aromatic heterocycles. The zero-order chi connectivity index (χ0) is 16.1. The first-order valence-electron chi connectivity index (χ1n) is 7.14. The van der Waals surface area contributed by atoms with E-state index in [4.69, 9.17) is 0 Å². The number of thioether (sulfide) groups is 1. The van der Waals surface area contributed by atoms with Gasteiger partial charge < -0.3 is 10.6 Å². The summed E-state index contributed by atoms with van der Waals surface area (Å²) in [4.78, 5) is 19.7. The number of hydrogen-bond donors (Lipinski definition) is 2.